The third-order valence-corrected chi connectivity index (χ3v) is 7.77. The van der Waals surface area contributed by atoms with Gasteiger partial charge in [-0.15, -0.1) is 0 Å². The van der Waals surface area contributed by atoms with E-state index in [-0.39, 0.29) is 18.7 Å². The average Bonchev–Trinajstić information content (AvgIpc) is 3.62. The van der Waals surface area contributed by atoms with Crippen molar-refractivity contribution in [1.82, 2.24) is 19.4 Å². The molecule has 1 fully saturated rings. The van der Waals surface area contributed by atoms with Gasteiger partial charge in [0.2, 0.25) is 0 Å². The first-order valence-electron chi connectivity index (χ1n) is 13.6. The molecule has 0 radical (unpaired) electrons. The molecular formula is C30H31ClF3N5O3. The van der Waals surface area contributed by atoms with Gasteiger partial charge in [-0.3, -0.25) is 14.5 Å². The van der Waals surface area contributed by atoms with Crippen LogP contribution in [0.1, 0.15) is 39.6 Å². The molecule has 3 aromatic rings. The van der Waals surface area contributed by atoms with Crippen molar-refractivity contribution in [3.63, 3.8) is 0 Å². The second-order valence-electron chi connectivity index (χ2n) is 10.3. The van der Waals surface area contributed by atoms with Gasteiger partial charge in [0.25, 0.3) is 11.8 Å². The smallest absolute Gasteiger partial charge is 0.379 e. The minimum atomic E-state index is -4.52. The summed E-state index contributed by atoms with van der Waals surface area (Å²) in [5.74, 6) is -0.930. The molecule has 2 aliphatic rings. The van der Waals surface area contributed by atoms with E-state index in [1.165, 1.54) is 9.91 Å². The number of halogens is 4. The Morgan fingerprint density at radius 2 is 1.74 bits per heavy atom. The zero-order chi connectivity index (χ0) is 29.9. The van der Waals surface area contributed by atoms with E-state index in [0.29, 0.717) is 44.3 Å². The van der Waals surface area contributed by atoms with Crippen molar-refractivity contribution >= 4 is 29.1 Å². The Labute approximate surface area is 246 Å². The summed E-state index contributed by atoms with van der Waals surface area (Å²) >= 11 is 6.11. The minimum Gasteiger partial charge on any atom is -0.379 e. The maximum atomic E-state index is 13.9. The third-order valence-electron chi connectivity index (χ3n) is 7.52. The first kappa shape index (κ1) is 29.8. The SMILES string of the molecule is Cn1cccc1C1=NN(C(=O)CN(CCN2CCOCC2)C(=O)c2ccc(C(F)(F)F)cc2)[C@H](c2ccc(Cl)cc2)C1. The maximum absolute atomic E-state index is 13.9. The number of morpholine rings is 1. The summed E-state index contributed by atoms with van der Waals surface area (Å²) in [7, 11) is 1.90. The van der Waals surface area contributed by atoms with Gasteiger partial charge < -0.3 is 14.2 Å². The van der Waals surface area contributed by atoms with Crippen molar-refractivity contribution in [3.05, 3.63) is 94.3 Å². The molecule has 3 heterocycles. The van der Waals surface area contributed by atoms with Crippen molar-refractivity contribution in [2.45, 2.75) is 18.6 Å². The number of hydrogen-bond acceptors (Lipinski definition) is 5. The monoisotopic (exact) mass is 601 g/mol. The molecule has 2 aliphatic heterocycles. The number of amides is 2. The minimum absolute atomic E-state index is 0.0708. The number of hydrazone groups is 1. The lowest BCUT2D eigenvalue weighted by molar-refractivity contribution is -0.137. The van der Waals surface area contributed by atoms with Gasteiger partial charge in [0.1, 0.15) is 6.54 Å². The fourth-order valence-corrected chi connectivity index (χ4v) is 5.29. The van der Waals surface area contributed by atoms with Gasteiger partial charge in [-0.1, -0.05) is 23.7 Å². The highest BCUT2D eigenvalue weighted by Crippen LogP contribution is 2.34. The number of nitrogens with zero attached hydrogens (tertiary/aromatic N) is 5. The molecular weight excluding hydrogens is 571 g/mol. The number of rotatable bonds is 8. The van der Waals surface area contributed by atoms with Gasteiger partial charge in [-0.2, -0.15) is 18.3 Å². The quantitative estimate of drug-likeness (QED) is 0.370. The lowest BCUT2D eigenvalue weighted by Crippen LogP contribution is -2.46. The van der Waals surface area contributed by atoms with Crippen LogP contribution >= 0.6 is 11.6 Å². The van der Waals surface area contributed by atoms with Crippen molar-refractivity contribution in [3.8, 4) is 0 Å². The molecule has 1 aromatic heterocycles. The van der Waals surface area contributed by atoms with Gasteiger partial charge in [0.15, 0.2) is 0 Å². The summed E-state index contributed by atoms with van der Waals surface area (Å²) in [6.45, 7) is 2.91. The molecule has 5 rings (SSSR count). The Hall–Kier alpha value is -3.67. The van der Waals surface area contributed by atoms with E-state index < -0.39 is 29.6 Å². The average molecular weight is 602 g/mol. The summed E-state index contributed by atoms with van der Waals surface area (Å²) in [6, 6.07) is 14.7. The van der Waals surface area contributed by atoms with Crippen LogP contribution in [0.4, 0.5) is 13.2 Å². The van der Waals surface area contributed by atoms with Gasteiger partial charge >= 0.3 is 6.18 Å². The van der Waals surface area contributed by atoms with Crippen LogP contribution in [-0.2, 0) is 22.8 Å². The molecule has 0 aliphatic carbocycles. The second kappa shape index (κ2) is 12.7. The van der Waals surface area contributed by atoms with Crippen LogP contribution in [0.3, 0.4) is 0 Å². The van der Waals surface area contributed by atoms with E-state index in [0.717, 1.165) is 41.2 Å². The summed E-state index contributed by atoms with van der Waals surface area (Å²) in [5, 5.41) is 6.68. The highest BCUT2D eigenvalue weighted by molar-refractivity contribution is 6.30. The number of aryl methyl sites for hydroxylation is 1. The molecule has 0 N–H and O–H groups in total. The first-order chi connectivity index (χ1) is 20.1. The highest BCUT2D eigenvalue weighted by atomic mass is 35.5. The van der Waals surface area contributed by atoms with E-state index in [9.17, 15) is 22.8 Å². The third kappa shape index (κ3) is 6.86. The predicted molar refractivity (Wildman–Crippen MR) is 152 cm³/mol. The molecule has 222 valence electrons. The van der Waals surface area contributed by atoms with Gasteiger partial charge in [-0.25, -0.2) is 5.01 Å². The van der Waals surface area contributed by atoms with Gasteiger partial charge in [-0.05, 0) is 54.1 Å². The summed E-state index contributed by atoms with van der Waals surface area (Å²) in [4.78, 5) is 31.0. The molecule has 2 amide bonds. The number of alkyl halides is 3. The van der Waals surface area contributed by atoms with Crippen molar-refractivity contribution < 1.29 is 27.5 Å². The van der Waals surface area contributed by atoms with Crippen LogP contribution < -0.4 is 0 Å². The van der Waals surface area contributed by atoms with E-state index in [1.54, 1.807) is 12.1 Å². The Bertz CT molecular complexity index is 1430. The molecule has 12 heteroatoms. The molecule has 1 atom stereocenters. The van der Waals surface area contributed by atoms with Crippen LogP contribution in [0.2, 0.25) is 5.02 Å². The van der Waals surface area contributed by atoms with E-state index in [1.807, 2.05) is 42.1 Å². The molecule has 0 saturated carbocycles. The van der Waals surface area contributed by atoms with Gasteiger partial charge in [0, 0.05) is 56.4 Å². The summed E-state index contributed by atoms with van der Waals surface area (Å²) in [5.41, 5.74) is 1.66. The number of benzene rings is 2. The molecule has 0 bridgehead atoms. The zero-order valence-electron chi connectivity index (χ0n) is 23.1. The second-order valence-corrected chi connectivity index (χ2v) is 10.8. The van der Waals surface area contributed by atoms with Crippen molar-refractivity contribution in [2.24, 2.45) is 12.1 Å². The van der Waals surface area contributed by atoms with E-state index in [2.05, 4.69) is 4.90 Å². The first-order valence-corrected chi connectivity index (χ1v) is 14.0. The van der Waals surface area contributed by atoms with E-state index >= 15 is 0 Å². The van der Waals surface area contributed by atoms with Crippen molar-refractivity contribution in [1.29, 1.82) is 0 Å². The zero-order valence-corrected chi connectivity index (χ0v) is 23.8. The molecule has 2 aromatic carbocycles. The molecule has 42 heavy (non-hydrogen) atoms. The fourth-order valence-electron chi connectivity index (χ4n) is 5.16. The van der Waals surface area contributed by atoms with Crippen LogP contribution in [0.25, 0.3) is 0 Å². The van der Waals surface area contributed by atoms with Gasteiger partial charge in [0.05, 0.1) is 36.2 Å². The standard InChI is InChI=1S/C30H31ClF3N5O3/c1-36-12-2-3-26(36)25-19-27(21-6-10-24(31)11-7-21)39(35-25)28(40)20-38(14-13-37-15-17-42-18-16-37)29(41)22-4-8-23(9-5-22)30(32,33)34/h2-12,27H,13-20H2,1H3/t27-/m0/s1. The Morgan fingerprint density at radius 1 is 1.05 bits per heavy atom. The van der Waals surface area contributed by atoms with Crippen molar-refractivity contribution in [2.75, 3.05) is 45.9 Å². The van der Waals surface area contributed by atoms with Crippen LogP contribution in [0, 0.1) is 0 Å². The Balaban J connectivity index is 1.41. The topological polar surface area (TPSA) is 70.4 Å². The lowest BCUT2D eigenvalue weighted by Gasteiger charge is -2.31. The van der Waals surface area contributed by atoms with E-state index in [4.69, 9.17) is 21.4 Å². The predicted octanol–water partition coefficient (Wildman–Crippen LogP) is 4.85. The molecule has 8 nitrogen and oxygen atoms in total. The largest absolute Gasteiger partial charge is 0.416 e. The van der Waals surface area contributed by atoms with Crippen LogP contribution in [0.15, 0.2) is 72.0 Å². The number of carbonyl (C=O) groups is 2. The fraction of sp³-hybridized carbons (Fsp3) is 0.367. The number of hydrogen-bond donors (Lipinski definition) is 0. The Morgan fingerprint density at radius 3 is 2.36 bits per heavy atom. The molecule has 0 unspecified atom stereocenters. The van der Waals surface area contributed by atoms with Crippen LogP contribution in [-0.4, -0.2) is 82.8 Å². The lowest BCUT2D eigenvalue weighted by atomic mass is 10.0. The highest BCUT2D eigenvalue weighted by Gasteiger charge is 2.36. The normalized spacial score (nSPS) is 17.8. The maximum Gasteiger partial charge on any atom is 0.416 e. The number of carbonyl (C=O) groups excluding carboxylic acids is 2. The summed E-state index contributed by atoms with van der Waals surface area (Å²) < 4.78 is 46.7. The molecule has 0 spiro atoms. The summed E-state index contributed by atoms with van der Waals surface area (Å²) in [6.07, 6.45) is -2.16. The van der Waals surface area contributed by atoms with Crippen LogP contribution in [0.5, 0.6) is 0 Å². The molecule has 1 saturated heterocycles. The Kier molecular flexibility index (Phi) is 9.00. The number of ether oxygens (including phenoxy) is 1. The number of aromatic nitrogens is 1.